The van der Waals surface area contributed by atoms with Gasteiger partial charge in [0.15, 0.2) is 5.82 Å². The van der Waals surface area contributed by atoms with Gasteiger partial charge in [0.25, 0.3) is 0 Å². The Morgan fingerprint density at radius 3 is 2.21 bits per heavy atom. The van der Waals surface area contributed by atoms with Crippen LogP contribution in [0.2, 0.25) is 0 Å². The Bertz CT molecular complexity index is 931. The van der Waals surface area contributed by atoms with Crippen LogP contribution in [0.5, 0.6) is 0 Å². The summed E-state index contributed by atoms with van der Waals surface area (Å²) < 4.78 is 0. The van der Waals surface area contributed by atoms with Crippen LogP contribution >= 0.6 is 0 Å². The van der Waals surface area contributed by atoms with E-state index in [9.17, 15) is 9.59 Å². The molecule has 24 heavy (non-hydrogen) atoms. The molecule has 0 aliphatic heterocycles. The van der Waals surface area contributed by atoms with Crippen molar-refractivity contribution in [3.8, 4) is 11.1 Å². The van der Waals surface area contributed by atoms with E-state index >= 15 is 0 Å². The number of aromatic carboxylic acids is 1. The molecule has 0 saturated carbocycles. The number of hydrogen-bond acceptors (Lipinski definition) is 3. The molecule has 5 heteroatoms. The molecule has 2 N–H and O–H groups in total. The van der Waals surface area contributed by atoms with E-state index in [0.717, 1.165) is 16.6 Å². The summed E-state index contributed by atoms with van der Waals surface area (Å²) in [6.07, 6.45) is 0. The molecule has 1 heterocycles. The molecule has 2 aromatic carbocycles. The number of carboxylic acids is 1. The third-order valence-electron chi connectivity index (χ3n) is 3.84. The summed E-state index contributed by atoms with van der Waals surface area (Å²) in [5, 5.41) is 8.96. The van der Waals surface area contributed by atoms with E-state index in [1.807, 2.05) is 39.0 Å². The zero-order valence-corrected chi connectivity index (χ0v) is 13.8. The number of benzene rings is 2. The van der Waals surface area contributed by atoms with Crippen LogP contribution in [0.25, 0.3) is 22.2 Å². The number of ketones is 1. The maximum atomic E-state index is 12.3. The highest BCUT2D eigenvalue weighted by molar-refractivity contribution is 5.99. The largest absolute Gasteiger partial charge is 0.478 e. The highest BCUT2D eigenvalue weighted by Gasteiger charge is 2.25. The second-order valence-corrected chi connectivity index (χ2v) is 6.78. The van der Waals surface area contributed by atoms with Crippen molar-refractivity contribution in [1.29, 1.82) is 0 Å². The van der Waals surface area contributed by atoms with E-state index in [-0.39, 0.29) is 11.3 Å². The van der Waals surface area contributed by atoms with Crippen LogP contribution in [0.15, 0.2) is 42.5 Å². The van der Waals surface area contributed by atoms with Crippen LogP contribution in [-0.2, 0) is 0 Å². The van der Waals surface area contributed by atoms with E-state index in [2.05, 4.69) is 9.97 Å². The fourth-order valence-electron chi connectivity index (χ4n) is 2.45. The number of Topliss-reactive ketones (excluding diaryl/α,β-unsaturated/α-hetero) is 1. The van der Waals surface area contributed by atoms with Crippen LogP contribution in [0.4, 0.5) is 0 Å². The summed E-state index contributed by atoms with van der Waals surface area (Å²) in [5.41, 5.74) is 3.08. The van der Waals surface area contributed by atoms with E-state index in [1.165, 1.54) is 0 Å². The molecule has 0 unspecified atom stereocenters. The second-order valence-electron chi connectivity index (χ2n) is 6.78. The molecule has 122 valence electrons. The molecule has 3 rings (SSSR count). The monoisotopic (exact) mass is 322 g/mol. The van der Waals surface area contributed by atoms with Crippen molar-refractivity contribution in [2.75, 3.05) is 0 Å². The van der Waals surface area contributed by atoms with E-state index < -0.39 is 11.4 Å². The molecule has 0 bridgehead atoms. The lowest BCUT2D eigenvalue weighted by Gasteiger charge is -2.13. The molecule has 0 radical (unpaired) electrons. The third-order valence-corrected chi connectivity index (χ3v) is 3.84. The van der Waals surface area contributed by atoms with Gasteiger partial charge in [-0.2, -0.15) is 0 Å². The highest BCUT2D eigenvalue weighted by atomic mass is 16.4. The predicted octanol–water partition coefficient (Wildman–Crippen LogP) is 4.16. The predicted molar refractivity (Wildman–Crippen MR) is 92.3 cm³/mol. The van der Waals surface area contributed by atoms with Gasteiger partial charge in [-0.1, -0.05) is 39.0 Å². The zero-order chi connectivity index (χ0) is 17.5. The maximum Gasteiger partial charge on any atom is 0.335 e. The molecule has 1 aromatic heterocycles. The number of imidazole rings is 1. The first-order chi connectivity index (χ1) is 11.3. The molecule has 0 aliphatic carbocycles. The number of fused-ring (bicyclic) bond motifs is 1. The van der Waals surface area contributed by atoms with Gasteiger partial charge in [0.2, 0.25) is 5.78 Å². The molecule has 0 aliphatic rings. The summed E-state index contributed by atoms with van der Waals surface area (Å²) in [6, 6.07) is 12.4. The standard InChI is InChI=1S/C19H18N2O3/c1-19(2,3)16(22)17-20-14-9-8-13(10-15(14)21-17)11-4-6-12(7-5-11)18(23)24/h4-10H,1-3H3,(H,20,21)(H,23,24). The van der Waals surface area contributed by atoms with Gasteiger partial charge in [-0.05, 0) is 35.4 Å². The molecule has 0 atom stereocenters. The number of carbonyl (C=O) groups is 2. The Hall–Kier alpha value is -2.95. The summed E-state index contributed by atoms with van der Waals surface area (Å²) in [7, 11) is 0. The topological polar surface area (TPSA) is 83.1 Å². The molecule has 0 amide bonds. The van der Waals surface area contributed by atoms with Crippen LogP contribution in [-0.4, -0.2) is 26.8 Å². The van der Waals surface area contributed by atoms with Gasteiger partial charge in [0.1, 0.15) is 0 Å². The number of nitrogens with one attached hydrogen (secondary N) is 1. The van der Waals surface area contributed by atoms with E-state index in [4.69, 9.17) is 5.11 Å². The highest BCUT2D eigenvalue weighted by Crippen LogP contribution is 2.26. The Kier molecular flexibility index (Phi) is 3.72. The van der Waals surface area contributed by atoms with Crippen LogP contribution in [0, 0.1) is 5.41 Å². The average Bonchev–Trinajstić information content (AvgIpc) is 2.96. The lowest BCUT2D eigenvalue weighted by Crippen LogP contribution is -2.21. The van der Waals surface area contributed by atoms with Gasteiger partial charge in [-0.15, -0.1) is 0 Å². The number of nitrogens with zero attached hydrogens (tertiary/aromatic N) is 1. The van der Waals surface area contributed by atoms with Crippen molar-refractivity contribution < 1.29 is 14.7 Å². The Balaban J connectivity index is 1.99. The molecule has 3 aromatic rings. The van der Waals surface area contributed by atoms with Crippen molar-refractivity contribution in [3.63, 3.8) is 0 Å². The minimum absolute atomic E-state index is 0.0361. The number of aromatic amines is 1. The molecule has 0 saturated heterocycles. The normalized spacial score (nSPS) is 11.6. The maximum absolute atomic E-state index is 12.3. The van der Waals surface area contributed by atoms with E-state index in [0.29, 0.717) is 11.3 Å². The second kappa shape index (κ2) is 5.60. The minimum Gasteiger partial charge on any atom is -0.478 e. The zero-order valence-electron chi connectivity index (χ0n) is 13.8. The van der Waals surface area contributed by atoms with Gasteiger partial charge in [-0.25, -0.2) is 9.78 Å². The lowest BCUT2D eigenvalue weighted by atomic mass is 9.90. The SMILES string of the molecule is CC(C)(C)C(=O)c1nc2cc(-c3ccc(C(=O)O)cc3)ccc2[nH]1. The summed E-state index contributed by atoms with van der Waals surface area (Å²) in [4.78, 5) is 30.7. The van der Waals surface area contributed by atoms with Crippen molar-refractivity contribution in [3.05, 3.63) is 53.9 Å². The smallest absolute Gasteiger partial charge is 0.335 e. The number of carboxylic acid groups (broad SMARTS) is 1. The number of carbonyl (C=O) groups excluding carboxylic acids is 1. The molecule has 0 fully saturated rings. The first-order valence-corrected chi connectivity index (χ1v) is 7.64. The Morgan fingerprint density at radius 2 is 1.62 bits per heavy atom. The number of aromatic nitrogens is 2. The fraction of sp³-hybridized carbons (Fsp3) is 0.211. The number of rotatable bonds is 3. The summed E-state index contributed by atoms with van der Waals surface area (Å²) in [5.74, 6) is -0.628. The summed E-state index contributed by atoms with van der Waals surface area (Å²) in [6.45, 7) is 5.58. The molecular weight excluding hydrogens is 304 g/mol. The minimum atomic E-state index is -0.949. The van der Waals surface area contributed by atoms with Gasteiger partial charge < -0.3 is 10.1 Å². The fourth-order valence-corrected chi connectivity index (χ4v) is 2.45. The lowest BCUT2D eigenvalue weighted by molar-refractivity contribution is 0.0696. The average molecular weight is 322 g/mol. The van der Waals surface area contributed by atoms with E-state index in [1.54, 1.807) is 24.3 Å². The van der Waals surface area contributed by atoms with Crippen molar-refractivity contribution >= 4 is 22.8 Å². The van der Waals surface area contributed by atoms with Crippen LogP contribution in [0.1, 0.15) is 41.7 Å². The van der Waals surface area contributed by atoms with Gasteiger partial charge in [0.05, 0.1) is 16.6 Å². The Morgan fingerprint density at radius 1 is 1.00 bits per heavy atom. The first kappa shape index (κ1) is 15.9. The third kappa shape index (κ3) is 2.93. The quantitative estimate of drug-likeness (QED) is 0.709. The number of H-pyrrole nitrogens is 1. The van der Waals surface area contributed by atoms with Gasteiger partial charge >= 0.3 is 5.97 Å². The number of hydrogen-bond donors (Lipinski definition) is 2. The molecule has 0 spiro atoms. The van der Waals surface area contributed by atoms with Crippen LogP contribution < -0.4 is 0 Å². The molecule has 5 nitrogen and oxygen atoms in total. The van der Waals surface area contributed by atoms with Crippen molar-refractivity contribution in [1.82, 2.24) is 9.97 Å². The van der Waals surface area contributed by atoms with Gasteiger partial charge in [0, 0.05) is 5.41 Å². The van der Waals surface area contributed by atoms with Gasteiger partial charge in [-0.3, -0.25) is 4.79 Å². The van der Waals surface area contributed by atoms with Crippen LogP contribution in [0.3, 0.4) is 0 Å². The van der Waals surface area contributed by atoms with Crippen molar-refractivity contribution in [2.45, 2.75) is 20.8 Å². The first-order valence-electron chi connectivity index (χ1n) is 7.64. The van der Waals surface area contributed by atoms with Crippen molar-refractivity contribution in [2.24, 2.45) is 5.41 Å². The Labute approximate surface area is 139 Å². The molecular formula is C19H18N2O3. The summed E-state index contributed by atoms with van der Waals surface area (Å²) >= 11 is 0.